The zero-order chi connectivity index (χ0) is 12.6. The Balaban J connectivity index is 3.14. The van der Waals surface area contributed by atoms with Gasteiger partial charge in [0.15, 0.2) is 0 Å². The van der Waals surface area contributed by atoms with Crippen LogP contribution >= 0.6 is 8.58 Å². The fourth-order valence-electron chi connectivity index (χ4n) is 1.74. The van der Waals surface area contributed by atoms with Gasteiger partial charge in [0.05, 0.1) is 0 Å². The first-order valence-corrected chi connectivity index (χ1v) is 8.63. The second kappa shape index (κ2) is 15.9. The minimum atomic E-state index is 0.895. The summed E-state index contributed by atoms with van der Waals surface area (Å²) in [6.45, 7) is 4.53. The van der Waals surface area contributed by atoms with E-state index < -0.39 is 0 Å². The largest absolute Gasteiger partial charge is 0.0840 e. The SMILES string of the molecule is CCCCCC/C=C/P/C=C/CCCCCC. The van der Waals surface area contributed by atoms with E-state index in [1.165, 1.54) is 64.2 Å². The van der Waals surface area contributed by atoms with Gasteiger partial charge in [0.2, 0.25) is 0 Å². The van der Waals surface area contributed by atoms with E-state index in [0.717, 1.165) is 8.58 Å². The Kier molecular flexibility index (Phi) is 15.8. The molecule has 0 aromatic heterocycles. The molecule has 0 rings (SSSR count). The summed E-state index contributed by atoms with van der Waals surface area (Å²) in [5, 5.41) is 0. The zero-order valence-electron chi connectivity index (χ0n) is 11.9. The second-order valence-electron chi connectivity index (χ2n) is 4.67. The second-order valence-corrected chi connectivity index (χ2v) is 5.67. The molecule has 0 atom stereocenters. The first kappa shape index (κ1) is 16.9. The Morgan fingerprint density at radius 1 is 0.647 bits per heavy atom. The molecule has 0 amide bonds. The highest BCUT2D eigenvalue weighted by molar-refractivity contribution is 7.45. The third-order valence-corrected chi connectivity index (χ3v) is 3.73. The summed E-state index contributed by atoms with van der Waals surface area (Å²) in [6.07, 6.45) is 18.3. The van der Waals surface area contributed by atoms with Crippen LogP contribution in [0.15, 0.2) is 23.8 Å². The van der Waals surface area contributed by atoms with Gasteiger partial charge in [0.1, 0.15) is 0 Å². The van der Waals surface area contributed by atoms with Gasteiger partial charge in [0.25, 0.3) is 0 Å². The minimum Gasteiger partial charge on any atom is -0.0840 e. The Bertz CT molecular complexity index is 162. The van der Waals surface area contributed by atoms with Crippen LogP contribution < -0.4 is 0 Å². The number of unbranched alkanes of at least 4 members (excludes halogenated alkanes) is 8. The number of rotatable bonds is 12. The van der Waals surface area contributed by atoms with Gasteiger partial charge in [-0.2, -0.15) is 0 Å². The van der Waals surface area contributed by atoms with E-state index in [2.05, 4.69) is 37.6 Å². The topological polar surface area (TPSA) is 0 Å². The van der Waals surface area contributed by atoms with E-state index in [1.54, 1.807) is 0 Å². The number of hydrogen-bond donors (Lipinski definition) is 0. The van der Waals surface area contributed by atoms with Crippen molar-refractivity contribution in [3.8, 4) is 0 Å². The first-order valence-electron chi connectivity index (χ1n) is 7.47. The van der Waals surface area contributed by atoms with Crippen molar-refractivity contribution in [3.63, 3.8) is 0 Å². The molecule has 0 aromatic rings. The van der Waals surface area contributed by atoms with Crippen molar-refractivity contribution in [1.82, 2.24) is 0 Å². The van der Waals surface area contributed by atoms with Crippen molar-refractivity contribution in [2.45, 2.75) is 78.1 Å². The maximum atomic E-state index is 2.36. The Morgan fingerprint density at radius 3 is 1.53 bits per heavy atom. The standard InChI is InChI=1S/C16H31P/c1-3-5-7-9-11-13-15-17-16-14-12-10-8-6-4-2/h13-17H,3-12H2,1-2H3/b15-13+,16-14+. The van der Waals surface area contributed by atoms with Crippen LogP contribution in [0.3, 0.4) is 0 Å². The van der Waals surface area contributed by atoms with Gasteiger partial charge in [-0.1, -0.05) is 84.7 Å². The monoisotopic (exact) mass is 254 g/mol. The van der Waals surface area contributed by atoms with E-state index >= 15 is 0 Å². The van der Waals surface area contributed by atoms with Gasteiger partial charge in [-0.05, 0) is 25.7 Å². The molecule has 0 heterocycles. The molecule has 0 bridgehead atoms. The van der Waals surface area contributed by atoms with Gasteiger partial charge in [-0.3, -0.25) is 0 Å². The van der Waals surface area contributed by atoms with Crippen molar-refractivity contribution in [2.75, 3.05) is 0 Å². The van der Waals surface area contributed by atoms with Crippen molar-refractivity contribution in [1.29, 1.82) is 0 Å². The van der Waals surface area contributed by atoms with E-state index in [0.29, 0.717) is 0 Å². The molecule has 17 heavy (non-hydrogen) atoms. The predicted octanol–water partition coefficient (Wildman–Crippen LogP) is 6.63. The molecule has 100 valence electrons. The van der Waals surface area contributed by atoms with Crippen molar-refractivity contribution >= 4 is 8.58 Å². The smallest absolute Gasteiger partial charge is 0.0347 e. The third kappa shape index (κ3) is 15.9. The third-order valence-electron chi connectivity index (χ3n) is 2.88. The molecule has 0 saturated carbocycles. The average molecular weight is 254 g/mol. The van der Waals surface area contributed by atoms with Gasteiger partial charge in [-0.15, -0.1) is 0 Å². The highest BCUT2D eigenvalue weighted by atomic mass is 31.1. The lowest BCUT2D eigenvalue weighted by molar-refractivity contribution is 0.674. The van der Waals surface area contributed by atoms with Crippen LogP contribution in [0, 0.1) is 0 Å². The van der Waals surface area contributed by atoms with Crippen LogP contribution in [-0.2, 0) is 0 Å². The fraction of sp³-hybridized carbons (Fsp3) is 0.750. The van der Waals surface area contributed by atoms with Crippen LogP contribution in [0.4, 0.5) is 0 Å². The summed E-state index contributed by atoms with van der Waals surface area (Å²) in [5.41, 5.74) is 0. The van der Waals surface area contributed by atoms with Crippen molar-refractivity contribution < 1.29 is 0 Å². The average Bonchev–Trinajstić information content (AvgIpc) is 2.35. The minimum absolute atomic E-state index is 0.895. The van der Waals surface area contributed by atoms with Gasteiger partial charge in [0, 0.05) is 0 Å². The van der Waals surface area contributed by atoms with Crippen LogP contribution in [0.1, 0.15) is 78.1 Å². The Morgan fingerprint density at radius 2 is 1.12 bits per heavy atom. The summed E-state index contributed by atoms with van der Waals surface area (Å²) in [7, 11) is 0.895. The highest BCUT2D eigenvalue weighted by Crippen LogP contribution is 2.16. The molecule has 0 nitrogen and oxygen atoms in total. The Hall–Kier alpha value is -0.0900. The molecule has 0 aliphatic carbocycles. The quantitative estimate of drug-likeness (QED) is 0.271. The lowest BCUT2D eigenvalue weighted by Gasteiger charge is -1.94. The van der Waals surface area contributed by atoms with Crippen LogP contribution in [0.5, 0.6) is 0 Å². The van der Waals surface area contributed by atoms with E-state index in [9.17, 15) is 0 Å². The molecule has 0 aliphatic rings. The molecule has 1 heteroatoms. The van der Waals surface area contributed by atoms with Crippen LogP contribution in [0.2, 0.25) is 0 Å². The molecule has 0 saturated heterocycles. The first-order chi connectivity index (χ1) is 8.41. The summed E-state index contributed by atoms with van der Waals surface area (Å²) in [6, 6.07) is 0. The fourth-order valence-corrected chi connectivity index (χ4v) is 2.45. The van der Waals surface area contributed by atoms with Crippen LogP contribution in [-0.4, -0.2) is 0 Å². The highest BCUT2D eigenvalue weighted by Gasteiger charge is 1.85. The Labute approximate surface area is 111 Å². The lowest BCUT2D eigenvalue weighted by Crippen LogP contribution is -1.73. The summed E-state index contributed by atoms with van der Waals surface area (Å²) in [4.78, 5) is 0. The summed E-state index contributed by atoms with van der Waals surface area (Å²) >= 11 is 0. The number of allylic oxidation sites excluding steroid dienone is 2. The van der Waals surface area contributed by atoms with E-state index in [4.69, 9.17) is 0 Å². The van der Waals surface area contributed by atoms with Gasteiger partial charge >= 0.3 is 0 Å². The molecule has 0 aliphatic heterocycles. The van der Waals surface area contributed by atoms with Crippen molar-refractivity contribution in [3.05, 3.63) is 23.8 Å². The predicted molar refractivity (Wildman–Crippen MR) is 84.1 cm³/mol. The molecule has 0 N–H and O–H groups in total. The molecule has 0 fully saturated rings. The molecule has 0 aromatic carbocycles. The van der Waals surface area contributed by atoms with Crippen LogP contribution in [0.25, 0.3) is 0 Å². The molecule has 0 radical (unpaired) electrons. The molecular weight excluding hydrogens is 223 g/mol. The van der Waals surface area contributed by atoms with Crippen molar-refractivity contribution in [2.24, 2.45) is 0 Å². The van der Waals surface area contributed by atoms with Gasteiger partial charge in [-0.25, -0.2) is 0 Å². The van der Waals surface area contributed by atoms with Gasteiger partial charge < -0.3 is 0 Å². The lowest BCUT2D eigenvalue weighted by atomic mass is 10.2. The summed E-state index contributed by atoms with van der Waals surface area (Å²) < 4.78 is 0. The summed E-state index contributed by atoms with van der Waals surface area (Å²) in [5.74, 6) is 4.68. The normalized spacial score (nSPS) is 11.9. The zero-order valence-corrected chi connectivity index (χ0v) is 12.9. The van der Waals surface area contributed by atoms with E-state index in [-0.39, 0.29) is 0 Å². The number of hydrogen-bond acceptors (Lipinski definition) is 0. The maximum Gasteiger partial charge on any atom is -0.0347 e. The van der Waals surface area contributed by atoms with E-state index in [1.807, 2.05) is 0 Å². The maximum absolute atomic E-state index is 2.36. The molecular formula is C16H31P. The molecule has 0 unspecified atom stereocenters. The molecule has 0 spiro atoms.